The van der Waals surface area contributed by atoms with E-state index < -0.39 is 0 Å². The second kappa shape index (κ2) is 9.82. The lowest BCUT2D eigenvalue weighted by atomic mass is 10.2. The number of carbonyl (C=O) groups is 1. The van der Waals surface area contributed by atoms with E-state index in [-0.39, 0.29) is 18.3 Å². The molecule has 0 bridgehead atoms. The third-order valence-corrected chi connectivity index (χ3v) is 3.14. The van der Waals surface area contributed by atoms with Gasteiger partial charge in [-0.2, -0.15) is 0 Å². The van der Waals surface area contributed by atoms with Gasteiger partial charge in [-0.15, -0.1) is 12.4 Å². The molecule has 0 spiro atoms. The van der Waals surface area contributed by atoms with Crippen LogP contribution in [0.4, 0.5) is 5.69 Å². The molecule has 22 heavy (non-hydrogen) atoms. The Labute approximate surface area is 137 Å². The number of rotatable bonds is 7. The Kier molecular flexibility index (Phi) is 8.04. The van der Waals surface area contributed by atoms with Crippen LogP contribution in [-0.2, 0) is 11.3 Å². The lowest BCUT2D eigenvalue weighted by molar-refractivity contribution is -0.119. The molecule has 2 rings (SSSR count). The minimum atomic E-state index is -0.0137. The van der Waals surface area contributed by atoms with E-state index in [1.54, 1.807) is 0 Å². The summed E-state index contributed by atoms with van der Waals surface area (Å²) in [7, 11) is 0. The molecule has 0 aliphatic heterocycles. The van der Waals surface area contributed by atoms with Gasteiger partial charge in [0.2, 0.25) is 5.91 Å². The molecule has 3 N–H and O–H groups in total. The Hall–Kier alpha value is -2.04. The maximum atomic E-state index is 12.0. The number of hydrogen-bond donors (Lipinski definition) is 2. The molecular formula is C17H22ClN3O. The average molecular weight is 320 g/mol. The van der Waals surface area contributed by atoms with Crippen LogP contribution in [0.25, 0.3) is 0 Å². The van der Waals surface area contributed by atoms with Crippen molar-refractivity contribution >= 4 is 24.0 Å². The van der Waals surface area contributed by atoms with Crippen molar-refractivity contribution in [1.29, 1.82) is 0 Å². The van der Waals surface area contributed by atoms with Crippen molar-refractivity contribution in [1.82, 2.24) is 5.32 Å². The van der Waals surface area contributed by atoms with Gasteiger partial charge >= 0.3 is 0 Å². The summed E-state index contributed by atoms with van der Waals surface area (Å²) < 4.78 is 0. The first-order valence-electron chi connectivity index (χ1n) is 7.10. The third-order valence-electron chi connectivity index (χ3n) is 3.14. The molecule has 0 saturated carbocycles. The van der Waals surface area contributed by atoms with Crippen molar-refractivity contribution in [2.45, 2.75) is 6.54 Å². The van der Waals surface area contributed by atoms with Crippen molar-refractivity contribution < 1.29 is 4.79 Å². The summed E-state index contributed by atoms with van der Waals surface area (Å²) in [6.07, 6.45) is 0. The quantitative estimate of drug-likeness (QED) is 0.822. The Morgan fingerprint density at radius 3 is 2.18 bits per heavy atom. The van der Waals surface area contributed by atoms with Gasteiger partial charge in [0.1, 0.15) is 0 Å². The predicted molar refractivity (Wildman–Crippen MR) is 93.2 cm³/mol. The van der Waals surface area contributed by atoms with Crippen LogP contribution in [0.1, 0.15) is 5.56 Å². The molecule has 0 fully saturated rings. The molecule has 0 aromatic heterocycles. The molecular weight excluding hydrogens is 298 g/mol. The van der Waals surface area contributed by atoms with Crippen molar-refractivity contribution in [3.63, 3.8) is 0 Å². The highest BCUT2D eigenvalue weighted by Crippen LogP contribution is 2.16. The molecule has 0 heterocycles. The lowest BCUT2D eigenvalue weighted by Crippen LogP contribution is -2.38. The number of hydrogen-bond acceptors (Lipinski definition) is 3. The van der Waals surface area contributed by atoms with E-state index in [0.29, 0.717) is 26.2 Å². The van der Waals surface area contributed by atoms with E-state index in [4.69, 9.17) is 5.73 Å². The maximum Gasteiger partial charge on any atom is 0.239 e. The molecule has 4 nitrogen and oxygen atoms in total. The normalized spacial score (nSPS) is 9.68. The van der Waals surface area contributed by atoms with Gasteiger partial charge in [0.05, 0.1) is 6.54 Å². The Morgan fingerprint density at radius 2 is 1.59 bits per heavy atom. The largest absolute Gasteiger partial charge is 0.358 e. The van der Waals surface area contributed by atoms with Crippen LogP contribution in [0, 0.1) is 0 Å². The van der Waals surface area contributed by atoms with Crippen molar-refractivity contribution in [3.8, 4) is 0 Å². The Morgan fingerprint density at radius 1 is 1.00 bits per heavy atom. The summed E-state index contributed by atoms with van der Waals surface area (Å²) in [5, 5.41) is 2.81. The second-order valence-electron chi connectivity index (χ2n) is 4.82. The number of nitrogens with zero attached hydrogens (tertiary/aromatic N) is 1. The summed E-state index contributed by atoms with van der Waals surface area (Å²) in [5.41, 5.74) is 7.62. The van der Waals surface area contributed by atoms with Crippen LogP contribution in [0.5, 0.6) is 0 Å². The molecule has 0 unspecified atom stereocenters. The van der Waals surface area contributed by atoms with Gasteiger partial charge in [-0.1, -0.05) is 48.5 Å². The van der Waals surface area contributed by atoms with Gasteiger partial charge in [0, 0.05) is 25.3 Å². The highest BCUT2D eigenvalue weighted by atomic mass is 35.5. The number of amides is 1. The smallest absolute Gasteiger partial charge is 0.239 e. The van der Waals surface area contributed by atoms with Gasteiger partial charge < -0.3 is 16.0 Å². The zero-order valence-electron chi connectivity index (χ0n) is 12.4. The summed E-state index contributed by atoms with van der Waals surface area (Å²) in [4.78, 5) is 14.0. The molecule has 0 saturated heterocycles. The number of carbonyl (C=O) groups excluding carboxylic acids is 1. The van der Waals surface area contributed by atoms with Gasteiger partial charge in [-0.05, 0) is 17.7 Å². The number of nitrogens with two attached hydrogens (primary N) is 1. The van der Waals surface area contributed by atoms with Crippen molar-refractivity contribution in [2.24, 2.45) is 5.73 Å². The fraction of sp³-hybridized carbons (Fsp3) is 0.235. The third kappa shape index (κ3) is 5.76. The maximum absolute atomic E-state index is 12.0. The SMILES string of the molecule is Cl.NCCNC(=O)CN(Cc1ccccc1)c1ccccc1. The van der Waals surface area contributed by atoms with Gasteiger partial charge in [-0.3, -0.25) is 4.79 Å². The monoisotopic (exact) mass is 319 g/mol. The summed E-state index contributed by atoms with van der Waals surface area (Å²) in [6, 6.07) is 20.1. The number of anilines is 1. The standard InChI is InChI=1S/C17H21N3O.ClH/c18-11-12-19-17(21)14-20(16-9-5-2-6-10-16)13-15-7-3-1-4-8-15;/h1-10H,11-14,18H2,(H,19,21);1H. The molecule has 0 aliphatic rings. The van der Waals surface area contributed by atoms with Crippen molar-refractivity contribution in [3.05, 3.63) is 66.2 Å². The first-order chi connectivity index (χ1) is 10.3. The van der Waals surface area contributed by atoms with Crippen LogP contribution in [0.3, 0.4) is 0 Å². The molecule has 2 aromatic rings. The summed E-state index contributed by atoms with van der Waals surface area (Å²) in [5.74, 6) is -0.0137. The fourth-order valence-electron chi connectivity index (χ4n) is 2.12. The molecule has 2 aromatic carbocycles. The van der Waals surface area contributed by atoms with Gasteiger partial charge in [0.25, 0.3) is 0 Å². The number of para-hydroxylation sites is 1. The van der Waals surface area contributed by atoms with E-state index in [9.17, 15) is 4.79 Å². The highest BCUT2D eigenvalue weighted by Gasteiger charge is 2.11. The van der Waals surface area contributed by atoms with Crippen LogP contribution in [-0.4, -0.2) is 25.5 Å². The molecule has 1 amide bonds. The molecule has 0 aliphatic carbocycles. The first-order valence-corrected chi connectivity index (χ1v) is 7.10. The number of nitrogens with one attached hydrogen (secondary N) is 1. The highest BCUT2D eigenvalue weighted by molar-refractivity contribution is 5.85. The van der Waals surface area contributed by atoms with Gasteiger partial charge in [-0.25, -0.2) is 0 Å². The summed E-state index contributed by atoms with van der Waals surface area (Å²) in [6.45, 7) is 1.97. The summed E-state index contributed by atoms with van der Waals surface area (Å²) >= 11 is 0. The minimum Gasteiger partial charge on any atom is -0.358 e. The topological polar surface area (TPSA) is 58.4 Å². The van der Waals surface area contributed by atoms with Crippen molar-refractivity contribution in [2.75, 3.05) is 24.5 Å². The van der Waals surface area contributed by atoms with Gasteiger partial charge in [0.15, 0.2) is 0 Å². The fourth-order valence-corrected chi connectivity index (χ4v) is 2.12. The molecule has 118 valence electrons. The number of halogens is 1. The Bertz CT molecular complexity index is 548. The predicted octanol–water partition coefficient (Wildman–Crippen LogP) is 2.19. The van der Waals surface area contributed by atoms with E-state index in [1.165, 1.54) is 5.56 Å². The van der Waals surface area contributed by atoms with Crippen LogP contribution >= 0.6 is 12.4 Å². The van der Waals surface area contributed by atoms with E-state index >= 15 is 0 Å². The van der Waals surface area contributed by atoms with E-state index in [0.717, 1.165) is 5.69 Å². The lowest BCUT2D eigenvalue weighted by Gasteiger charge is -2.24. The molecule has 0 atom stereocenters. The Balaban J connectivity index is 0.00000242. The number of benzene rings is 2. The molecule has 5 heteroatoms. The van der Waals surface area contributed by atoms with Crippen LogP contribution in [0.2, 0.25) is 0 Å². The average Bonchev–Trinajstić information content (AvgIpc) is 2.54. The van der Waals surface area contributed by atoms with Crippen LogP contribution in [0.15, 0.2) is 60.7 Å². The second-order valence-corrected chi connectivity index (χ2v) is 4.82. The first kappa shape index (κ1) is 18.0. The molecule has 0 radical (unpaired) electrons. The van der Waals surface area contributed by atoms with E-state index in [1.807, 2.05) is 48.5 Å². The van der Waals surface area contributed by atoms with E-state index in [2.05, 4.69) is 22.3 Å². The zero-order valence-corrected chi connectivity index (χ0v) is 13.3. The minimum absolute atomic E-state index is 0. The zero-order chi connectivity index (χ0) is 14.9. The van der Waals surface area contributed by atoms with Crippen LogP contribution < -0.4 is 16.0 Å².